The maximum absolute atomic E-state index is 13.7. The third-order valence-electron chi connectivity index (χ3n) is 2.79. The largest absolute Gasteiger partial charge is 0.323 e. The molecule has 1 heterocycles. The third kappa shape index (κ3) is 3.95. The topological polar surface area (TPSA) is 72.7 Å². The molecule has 0 radical (unpaired) electrons. The lowest BCUT2D eigenvalue weighted by atomic mass is 10.3. The Morgan fingerprint density at radius 3 is 2.77 bits per heavy atom. The number of nitrogens with zero attached hydrogens (tertiary/aromatic N) is 4. The maximum atomic E-state index is 13.7. The fraction of sp³-hybridized carbons (Fsp3) is 0.385. The molecule has 0 aliphatic carbocycles. The summed E-state index contributed by atoms with van der Waals surface area (Å²) in [7, 11) is 0. The highest BCUT2D eigenvalue weighted by Crippen LogP contribution is 2.24. The average molecular weight is 344 g/mol. The van der Waals surface area contributed by atoms with E-state index < -0.39 is 11.1 Å². The number of nitrogens with one attached hydrogen (secondary N) is 1. The van der Waals surface area contributed by atoms with Gasteiger partial charge in [0.25, 0.3) is 0 Å². The van der Waals surface area contributed by atoms with Gasteiger partial charge in [-0.2, -0.15) is 0 Å². The normalized spacial score (nSPS) is 12.5. The highest BCUT2D eigenvalue weighted by molar-refractivity contribution is 8.00. The summed E-state index contributed by atoms with van der Waals surface area (Å²) in [5, 5.41) is 14.2. The predicted molar refractivity (Wildman–Crippen MR) is 83.6 cm³/mol. The fourth-order valence-electron chi connectivity index (χ4n) is 1.62. The van der Waals surface area contributed by atoms with Gasteiger partial charge in [-0.3, -0.25) is 4.79 Å². The number of aromatic nitrogens is 4. The van der Waals surface area contributed by atoms with Gasteiger partial charge in [0, 0.05) is 5.02 Å². The monoisotopic (exact) mass is 343 g/mol. The third-order valence-corrected chi connectivity index (χ3v) is 4.07. The summed E-state index contributed by atoms with van der Waals surface area (Å²) < 4.78 is 15.3. The fourth-order valence-corrected chi connectivity index (χ4v) is 2.70. The SMILES string of the molecule is CC(Sc1nnnn1C(C)C)C(=O)Nc1ccc(Cl)cc1F. The van der Waals surface area contributed by atoms with Crippen LogP contribution in [0.3, 0.4) is 0 Å². The van der Waals surface area contributed by atoms with E-state index >= 15 is 0 Å². The molecule has 1 unspecified atom stereocenters. The van der Waals surface area contributed by atoms with Crippen molar-refractivity contribution in [3.05, 3.63) is 29.0 Å². The molecule has 118 valence electrons. The van der Waals surface area contributed by atoms with E-state index in [9.17, 15) is 9.18 Å². The van der Waals surface area contributed by atoms with Crippen molar-refractivity contribution in [2.75, 3.05) is 5.32 Å². The van der Waals surface area contributed by atoms with E-state index in [2.05, 4.69) is 20.8 Å². The Bertz CT molecular complexity index is 678. The molecule has 0 saturated heterocycles. The molecule has 9 heteroatoms. The van der Waals surface area contributed by atoms with Crippen LogP contribution in [0.4, 0.5) is 10.1 Å². The van der Waals surface area contributed by atoms with Gasteiger partial charge in [-0.1, -0.05) is 23.4 Å². The molecule has 1 amide bonds. The number of amides is 1. The van der Waals surface area contributed by atoms with Gasteiger partial charge in [-0.25, -0.2) is 9.07 Å². The van der Waals surface area contributed by atoms with E-state index in [1.807, 2.05) is 13.8 Å². The Morgan fingerprint density at radius 2 is 2.14 bits per heavy atom. The first-order valence-electron chi connectivity index (χ1n) is 6.59. The van der Waals surface area contributed by atoms with E-state index in [1.54, 1.807) is 11.6 Å². The molecule has 22 heavy (non-hydrogen) atoms. The molecule has 0 fully saturated rings. The van der Waals surface area contributed by atoms with Crippen molar-refractivity contribution < 1.29 is 9.18 Å². The molecule has 1 aromatic heterocycles. The molecule has 6 nitrogen and oxygen atoms in total. The lowest BCUT2D eigenvalue weighted by Crippen LogP contribution is -2.23. The van der Waals surface area contributed by atoms with Crippen molar-refractivity contribution in [3.8, 4) is 0 Å². The van der Waals surface area contributed by atoms with Crippen LogP contribution in [-0.4, -0.2) is 31.4 Å². The number of rotatable bonds is 5. The van der Waals surface area contributed by atoms with Gasteiger partial charge in [-0.15, -0.1) is 5.10 Å². The van der Waals surface area contributed by atoms with Crippen molar-refractivity contribution in [1.29, 1.82) is 0 Å². The smallest absolute Gasteiger partial charge is 0.237 e. The molecular formula is C13H15ClFN5OS. The van der Waals surface area contributed by atoms with Crippen molar-refractivity contribution in [2.45, 2.75) is 37.2 Å². The van der Waals surface area contributed by atoms with Gasteiger partial charge >= 0.3 is 0 Å². The summed E-state index contributed by atoms with van der Waals surface area (Å²) in [6.07, 6.45) is 0. The Morgan fingerprint density at radius 1 is 1.41 bits per heavy atom. The van der Waals surface area contributed by atoms with Gasteiger partial charge in [0.15, 0.2) is 0 Å². The zero-order chi connectivity index (χ0) is 16.3. The minimum absolute atomic E-state index is 0.0847. The number of halogens is 2. The van der Waals surface area contributed by atoms with E-state index in [1.165, 1.54) is 23.9 Å². The molecule has 2 aromatic rings. The molecular weight excluding hydrogens is 329 g/mol. The predicted octanol–water partition coefficient (Wildman–Crippen LogP) is 3.17. The van der Waals surface area contributed by atoms with Gasteiger partial charge in [0.2, 0.25) is 11.1 Å². The summed E-state index contributed by atoms with van der Waals surface area (Å²) in [4.78, 5) is 12.1. The summed E-state index contributed by atoms with van der Waals surface area (Å²) in [5.74, 6) is -0.922. The molecule has 0 spiro atoms. The molecule has 0 saturated carbocycles. The first kappa shape index (κ1) is 16.7. The van der Waals surface area contributed by atoms with Crippen LogP contribution in [0.15, 0.2) is 23.4 Å². The molecule has 1 aromatic carbocycles. The highest BCUT2D eigenvalue weighted by Gasteiger charge is 2.20. The lowest BCUT2D eigenvalue weighted by Gasteiger charge is -2.13. The number of tetrazole rings is 1. The van der Waals surface area contributed by atoms with E-state index in [0.29, 0.717) is 5.16 Å². The number of hydrogen-bond acceptors (Lipinski definition) is 5. The maximum Gasteiger partial charge on any atom is 0.237 e. The number of carbonyl (C=O) groups excluding carboxylic acids is 1. The Labute approximate surface area is 136 Å². The van der Waals surface area contributed by atoms with E-state index in [4.69, 9.17) is 11.6 Å². The van der Waals surface area contributed by atoms with Crippen LogP contribution in [0.1, 0.15) is 26.8 Å². The summed E-state index contributed by atoms with van der Waals surface area (Å²) in [6, 6.07) is 4.16. The van der Waals surface area contributed by atoms with Crippen LogP contribution >= 0.6 is 23.4 Å². The quantitative estimate of drug-likeness (QED) is 0.844. The average Bonchev–Trinajstić information content (AvgIpc) is 2.90. The van der Waals surface area contributed by atoms with Crippen molar-refractivity contribution >= 4 is 35.0 Å². The van der Waals surface area contributed by atoms with Gasteiger partial charge in [0.1, 0.15) is 5.82 Å². The van der Waals surface area contributed by atoms with Gasteiger partial charge < -0.3 is 5.32 Å². The zero-order valence-corrected chi connectivity index (χ0v) is 13.8. The molecule has 1 N–H and O–H groups in total. The molecule has 0 aliphatic rings. The van der Waals surface area contributed by atoms with Gasteiger partial charge in [0.05, 0.1) is 17.0 Å². The number of anilines is 1. The van der Waals surface area contributed by atoms with Crippen molar-refractivity contribution in [3.63, 3.8) is 0 Å². The Balaban J connectivity index is 2.04. The second-order valence-corrected chi connectivity index (χ2v) is 6.62. The first-order chi connectivity index (χ1) is 10.4. The van der Waals surface area contributed by atoms with Crippen LogP contribution in [0, 0.1) is 5.82 Å². The highest BCUT2D eigenvalue weighted by atomic mass is 35.5. The van der Waals surface area contributed by atoms with Crippen LogP contribution < -0.4 is 5.32 Å². The van der Waals surface area contributed by atoms with Crippen LogP contribution in [0.2, 0.25) is 5.02 Å². The molecule has 2 rings (SSSR count). The van der Waals surface area contributed by atoms with Crippen molar-refractivity contribution in [2.24, 2.45) is 0 Å². The lowest BCUT2D eigenvalue weighted by molar-refractivity contribution is -0.115. The second kappa shape index (κ2) is 7.06. The first-order valence-corrected chi connectivity index (χ1v) is 7.84. The van der Waals surface area contributed by atoms with Crippen molar-refractivity contribution in [1.82, 2.24) is 20.2 Å². The molecule has 0 bridgehead atoms. The number of benzene rings is 1. The minimum Gasteiger partial charge on any atom is -0.323 e. The Hall–Kier alpha value is -1.67. The number of thioether (sulfide) groups is 1. The zero-order valence-electron chi connectivity index (χ0n) is 12.2. The number of hydrogen-bond donors (Lipinski definition) is 1. The summed E-state index contributed by atoms with van der Waals surface area (Å²) in [6.45, 7) is 5.58. The molecule has 1 atom stereocenters. The van der Waals surface area contributed by atoms with Crippen LogP contribution in [-0.2, 0) is 4.79 Å². The summed E-state index contributed by atoms with van der Waals surface area (Å²) in [5.41, 5.74) is 0.0882. The number of carbonyl (C=O) groups is 1. The van der Waals surface area contributed by atoms with Gasteiger partial charge in [-0.05, 0) is 49.4 Å². The van der Waals surface area contributed by atoms with E-state index in [-0.39, 0.29) is 22.7 Å². The Kier molecular flexibility index (Phi) is 5.36. The van der Waals surface area contributed by atoms with Crippen LogP contribution in [0.5, 0.6) is 0 Å². The second-order valence-electron chi connectivity index (χ2n) is 4.87. The standard InChI is InChI=1S/C13H15ClFN5OS/c1-7(2)20-13(17-18-19-20)22-8(3)12(21)16-11-5-4-9(14)6-10(11)15/h4-8H,1-3H3,(H,16,21). The minimum atomic E-state index is -0.579. The van der Waals surface area contributed by atoms with E-state index in [0.717, 1.165) is 6.07 Å². The summed E-state index contributed by atoms with van der Waals surface area (Å²) >= 11 is 6.88. The molecule has 0 aliphatic heterocycles. The van der Waals surface area contributed by atoms with Crippen LogP contribution in [0.25, 0.3) is 0 Å².